The third-order valence-electron chi connectivity index (χ3n) is 5.04. The first-order valence-corrected chi connectivity index (χ1v) is 12.3. The maximum atomic E-state index is 12.6. The molecule has 0 saturated carbocycles. The van der Waals surface area contributed by atoms with Gasteiger partial charge in [0.15, 0.2) is 22.5 Å². The van der Waals surface area contributed by atoms with Crippen LogP contribution < -0.4 is 20.1 Å². The van der Waals surface area contributed by atoms with Gasteiger partial charge >= 0.3 is 5.97 Å². The highest BCUT2D eigenvalue weighted by Gasteiger charge is 2.15. The number of nitrogens with zero attached hydrogens (tertiary/aromatic N) is 3. The highest BCUT2D eigenvalue weighted by Crippen LogP contribution is 2.27. The molecule has 0 atom stereocenters. The maximum absolute atomic E-state index is 12.6. The van der Waals surface area contributed by atoms with Crippen LogP contribution in [0.5, 0.6) is 11.5 Å². The van der Waals surface area contributed by atoms with E-state index in [2.05, 4.69) is 20.8 Å². The standard InChI is InChI=1S/C25H29N5O6S/c1-15(2)36-24(33)17-7-6-8-18(11-17)27-22(31)14-37-25-29-28-21(30(25)3)13-26-23(32)16-9-10-19(34-4)20(12-16)35-5/h6-12,15H,13-14H2,1-5H3,(H,26,32)(H,27,31). The Labute approximate surface area is 218 Å². The summed E-state index contributed by atoms with van der Waals surface area (Å²) in [6.45, 7) is 3.68. The summed E-state index contributed by atoms with van der Waals surface area (Å²) < 4.78 is 17.3. The van der Waals surface area contributed by atoms with Gasteiger partial charge in [-0.15, -0.1) is 10.2 Å². The van der Waals surface area contributed by atoms with Crippen LogP contribution in [0.25, 0.3) is 0 Å². The summed E-state index contributed by atoms with van der Waals surface area (Å²) in [4.78, 5) is 37.1. The molecule has 1 heterocycles. The monoisotopic (exact) mass is 527 g/mol. The smallest absolute Gasteiger partial charge is 0.338 e. The third-order valence-corrected chi connectivity index (χ3v) is 6.06. The highest BCUT2D eigenvalue weighted by molar-refractivity contribution is 7.99. The van der Waals surface area contributed by atoms with Gasteiger partial charge in [-0.2, -0.15) is 0 Å². The number of esters is 1. The molecule has 37 heavy (non-hydrogen) atoms. The summed E-state index contributed by atoms with van der Waals surface area (Å²) in [6, 6.07) is 11.4. The number of hydrogen-bond donors (Lipinski definition) is 2. The predicted molar refractivity (Wildman–Crippen MR) is 138 cm³/mol. The molecule has 12 heteroatoms. The molecule has 0 spiro atoms. The second kappa shape index (κ2) is 12.8. The molecule has 3 rings (SSSR count). The molecule has 0 fully saturated rings. The molecule has 0 bridgehead atoms. The van der Waals surface area contributed by atoms with E-state index in [0.717, 1.165) is 0 Å². The molecule has 0 unspecified atom stereocenters. The van der Waals surface area contributed by atoms with Gasteiger partial charge in [-0.3, -0.25) is 9.59 Å². The van der Waals surface area contributed by atoms with Crippen molar-refractivity contribution < 1.29 is 28.6 Å². The third kappa shape index (κ3) is 7.46. The van der Waals surface area contributed by atoms with Gasteiger partial charge in [0.1, 0.15) is 0 Å². The molecule has 1 aromatic heterocycles. The van der Waals surface area contributed by atoms with E-state index in [0.29, 0.717) is 39.3 Å². The molecule has 2 aromatic carbocycles. The average Bonchev–Trinajstić information content (AvgIpc) is 3.24. The van der Waals surface area contributed by atoms with E-state index in [9.17, 15) is 14.4 Å². The predicted octanol–water partition coefficient (Wildman–Crippen LogP) is 3.06. The molecule has 0 aliphatic heterocycles. The van der Waals surface area contributed by atoms with E-state index in [1.165, 1.54) is 26.0 Å². The number of carbonyl (C=O) groups is 3. The van der Waals surface area contributed by atoms with Gasteiger partial charge in [-0.25, -0.2) is 4.79 Å². The molecule has 2 N–H and O–H groups in total. The molecule has 0 radical (unpaired) electrons. The number of carbonyl (C=O) groups excluding carboxylic acids is 3. The number of nitrogens with one attached hydrogen (secondary N) is 2. The van der Waals surface area contributed by atoms with Gasteiger partial charge in [-0.05, 0) is 50.2 Å². The first-order chi connectivity index (χ1) is 17.7. The van der Waals surface area contributed by atoms with Crippen LogP contribution >= 0.6 is 11.8 Å². The first kappa shape index (κ1) is 27.5. The number of hydrogen-bond acceptors (Lipinski definition) is 9. The van der Waals surface area contributed by atoms with Gasteiger partial charge in [-0.1, -0.05) is 17.8 Å². The van der Waals surface area contributed by atoms with Crippen molar-refractivity contribution in [3.8, 4) is 11.5 Å². The summed E-state index contributed by atoms with van der Waals surface area (Å²) in [5.41, 5.74) is 1.25. The van der Waals surface area contributed by atoms with Crippen molar-refractivity contribution >= 4 is 35.2 Å². The fraction of sp³-hybridized carbons (Fsp3) is 0.320. The van der Waals surface area contributed by atoms with Crippen LogP contribution in [0.4, 0.5) is 5.69 Å². The van der Waals surface area contributed by atoms with Crippen LogP contribution in [0, 0.1) is 0 Å². The number of amides is 2. The molecule has 196 valence electrons. The maximum Gasteiger partial charge on any atom is 0.338 e. The number of methoxy groups -OCH3 is 2. The average molecular weight is 528 g/mol. The highest BCUT2D eigenvalue weighted by atomic mass is 32.2. The summed E-state index contributed by atoms with van der Waals surface area (Å²) in [7, 11) is 4.77. The summed E-state index contributed by atoms with van der Waals surface area (Å²) >= 11 is 1.20. The van der Waals surface area contributed by atoms with Gasteiger partial charge in [0.2, 0.25) is 5.91 Å². The lowest BCUT2D eigenvalue weighted by atomic mass is 10.2. The van der Waals surface area contributed by atoms with Crippen molar-refractivity contribution in [3.05, 3.63) is 59.4 Å². The Hall–Kier alpha value is -4.06. The van der Waals surface area contributed by atoms with Crippen molar-refractivity contribution in [1.29, 1.82) is 0 Å². The Balaban J connectivity index is 1.53. The summed E-state index contributed by atoms with van der Waals surface area (Å²) in [5, 5.41) is 14.3. The molecule has 0 aliphatic rings. The van der Waals surface area contributed by atoms with Crippen LogP contribution in [-0.4, -0.2) is 58.6 Å². The first-order valence-electron chi connectivity index (χ1n) is 11.3. The van der Waals surface area contributed by atoms with Crippen LogP contribution in [0.15, 0.2) is 47.6 Å². The Bertz CT molecular complexity index is 1280. The van der Waals surface area contributed by atoms with E-state index < -0.39 is 5.97 Å². The van der Waals surface area contributed by atoms with Crippen molar-refractivity contribution in [2.75, 3.05) is 25.3 Å². The van der Waals surface area contributed by atoms with Crippen LogP contribution in [0.3, 0.4) is 0 Å². The normalized spacial score (nSPS) is 10.6. The largest absolute Gasteiger partial charge is 0.493 e. The lowest BCUT2D eigenvalue weighted by Gasteiger charge is -2.10. The summed E-state index contributed by atoms with van der Waals surface area (Å²) in [6.07, 6.45) is -0.238. The number of ether oxygens (including phenoxy) is 3. The Morgan fingerprint density at radius 3 is 2.46 bits per heavy atom. The topological polar surface area (TPSA) is 134 Å². The molecule has 11 nitrogen and oxygen atoms in total. The zero-order valence-electron chi connectivity index (χ0n) is 21.2. The van der Waals surface area contributed by atoms with E-state index in [-0.39, 0.29) is 30.2 Å². The van der Waals surface area contributed by atoms with Crippen molar-refractivity contribution in [3.63, 3.8) is 0 Å². The van der Waals surface area contributed by atoms with Crippen LogP contribution in [-0.2, 0) is 23.1 Å². The van der Waals surface area contributed by atoms with Crippen molar-refractivity contribution in [1.82, 2.24) is 20.1 Å². The molecule has 3 aromatic rings. The molecular formula is C25H29N5O6S. The number of thioether (sulfide) groups is 1. The van der Waals surface area contributed by atoms with E-state index in [1.807, 2.05) is 0 Å². The quantitative estimate of drug-likeness (QED) is 0.285. The second-order valence-electron chi connectivity index (χ2n) is 8.08. The minimum atomic E-state index is -0.453. The summed E-state index contributed by atoms with van der Waals surface area (Å²) in [5.74, 6) is 0.540. The van der Waals surface area contributed by atoms with E-state index in [1.54, 1.807) is 67.9 Å². The second-order valence-corrected chi connectivity index (χ2v) is 9.02. The SMILES string of the molecule is COc1ccc(C(=O)NCc2nnc(SCC(=O)Nc3cccc(C(=O)OC(C)C)c3)n2C)cc1OC. The molecule has 0 aliphatic carbocycles. The van der Waals surface area contributed by atoms with Gasteiger partial charge in [0, 0.05) is 18.3 Å². The number of aromatic nitrogens is 3. The van der Waals surface area contributed by atoms with Crippen LogP contribution in [0.2, 0.25) is 0 Å². The zero-order chi connectivity index (χ0) is 26.9. The lowest BCUT2D eigenvalue weighted by molar-refractivity contribution is -0.113. The zero-order valence-corrected chi connectivity index (χ0v) is 22.0. The van der Waals surface area contributed by atoms with E-state index in [4.69, 9.17) is 14.2 Å². The van der Waals surface area contributed by atoms with Crippen molar-refractivity contribution in [2.45, 2.75) is 31.7 Å². The minimum Gasteiger partial charge on any atom is -0.493 e. The minimum absolute atomic E-state index is 0.0741. The van der Waals surface area contributed by atoms with Crippen LogP contribution in [0.1, 0.15) is 40.4 Å². The fourth-order valence-corrected chi connectivity index (χ4v) is 3.93. The Kier molecular flexibility index (Phi) is 9.50. The molecular weight excluding hydrogens is 498 g/mol. The number of benzene rings is 2. The number of anilines is 1. The van der Waals surface area contributed by atoms with Gasteiger partial charge in [0.05, 0.1) is 38.2 Å². The number of rotatable bonds is 11. The lowest BCUT2D eigenvalue weighted by Crippen LogP contribution is -2.24. The Morgan fingerprint density at radius 1 is 1.00 bits per heavy atom. The Morgan fingerprint density at radius 2 is 1.76 bits per heavy atom. The molecule has 0 saturated heterocycles. The fourth-order valence-electron chi connectivity index (χ4n) is 3.20. The van der Waals surface area contributed by atoms with Gasteiger partial charge in [0.25, 0.3) is 5.91 Å². The molecule has 2 amide bonds. The van der Waals surface area contributed by atoms with Crippen molar-refractivity contribution in [2.24, 2.45) is 7.05 Å². The van der Waals surface area contributed by atoms with E-state index >= 15 is 0 Å². The van der Waals surface area contributed by atoms with Gasteiger partial charge < -0.3 is 29.4 Å².